The maximum Gasteiger partial charge on any atom is 0.117 e. The highest BCUT2D eigenvalue weighted by molar-refractivity contribution is 5.38. The summed E-state index contributed by atoms with van der Waals surface area (Å²) in [5, 5.41) is 0. The van der Waals surface area contributed by atoms with Gasteiger partial charge in [-0.3, -0.25) is 0 Å². The zero-order valence-electron chi connectivity index (χ0n) is 21.7. The Hall–Kier alpha value is -2.88. The fourth-order valence-electron chi connectivity index (χ4n) is 5.06. The highest BCUT2D eigenvalue weighted by Gasteiger charge is 2.42. The molecule has 1 aliphatic heterocycles. The van der Waals surface area contributed by atoms with E-state index >= 15 is 0 Å². The lowest BCUT2D eigenvalue weighted by molar-refractivity contribution is 0.258. The molecule has 0 saturated carbocycles. The van der Waals surface area contributed by atoms with Crippen molar-refractivity contribution in [2.24, 2.45) is 0 Å². The van der Waals surface area contributed by atoms with E-state index in [1.54, 1.807) is 0 Å². The molecule has 4 heteroatoms. The first-order chi connectivity index (χ1) is 16.0. The van der Waals surface area contributed by atoms with E-state index in [1.165, 1.54) is 0 Å². The van der Waals surface area contributed by atoms with Crippen LogP contribution in [-0.2, 0) is 21.7 Å². The van der Waals surface area contributed by atoms with Crippen LogP contribution in [0.2, 0.25) is 0 Å². The quantitative estimate of drug-likeness (QED) is 0.301. The third-order valence-corrected chi connectivity index (χ3v) is 8.48. The molecule has 0 unspecified atom stereocenters. The lowest BCUT2D eigenvalue weighted by Gasteiger charge is -2.27. The first kappa shape index (κ1) is 22.9. The maximum absolute atomic E-state index is 6.56. The molecule has 0 saturated heterocycles. The van der Waals surface area contributed by atoms with Crippen LogP contribution in [0.4, 0.5) is 0 Å². The van der Waals surface area contributed by atoms with E-state index < -0.39 is 10.8 Å². The Labute approximate surface area is 202 Å². The minimum absolute atomic E-state index is 0.386. The molecule has 0 radical (unpaired) electrons. The van der Waals surface area contributed by atoms with Crippen molar-refractivity contribution in [2.45, 2.75) is 89.9 Å². The average Bonchev–Trinajstić information content (AvgIpc) is 3.63. The van der Waals surface area contributed by atoms with Gasteiger partial charge in [0.15, 0.2) is 0 Å². The van der Waals surface area contributed by atoms with Gasteiger partial charge in [0, 0.05) is 0 Å². The van der Waals surface area contributed by atoms with Crippen LogP contribution in [0.3, 0.4) is 0 Å². The molecular weight excluding hydrogens is 424 g/mol. The van der Waals surface area contributed by atoms with Gasteiger partial charge in [-0.25, -0.2) is 0 Å². The van der Waals surface area contributed by atoms with E-state index in [-0.39, 0.29) is 10.8 Å². The summed E-state index contributed by atoms with van der Waals surface area (Å²) in [4.78, 5) is 0. The van der Waals surface area contributed by atoms with Crippen molar-refractivity contribution in [1.29, 1.82) is 0 Å². The SMILES string of the molecule is CCC1(C)c2ccc(o2)C(C)(C)c2ccc(o2)C(C)(CC)c2ccc(o2)C(C)(C)c2ccc1o2. The molecule has 5 heterocycles. The molecule has 0 aliphatic carbocycles. The molecule has 4 aromatic rings. The zero-order chi connectivity index (χ0) is 24.5. The molecule has 5 rings (SSSR count). The van der Waals surface area contributed by atoms with Crippen LogP contribution in [0.15, 0.2) is 66.2 Å². The summed E-state index contributed by atoms with van der Waals surface area (Å²) in [5.41, 5.74) is -1.63. The molecule has 0 atom stereocenters. The maximum atomic E-state index is 6.56. The van der Waals surface area contributed by atoms with Crippen molar-refractivity contribution in [2.75, 3.05) is 0 Å². The summed E-state index contributed by atoms with van der Waals surface area (Å²) in [5.74, 6) is 7.09. The topological polar surface area (TPSA) is 52.6 Å². The Balaban J connectivity index is 1.78. The van der Waals surface area contributed by atoms with Crippen molar-refractivity contribution in [1.82, 2.24) is 0 Å². The molecule has 1 aliphatic rings. The van der Waals surface area contributed by atoms with E-state index in [4.69, 9.17) is 17.7 Å². The Bertz CT molecular complexity index is 1130. The van der Waals surface area contributed by atoms with Gasteiger partial charge in [-0.15, -0.1) is 0 Å². The predicted octanol–water partition coefficient (Wildman–Crippen LogP) is 8.46. The molecule has 180 valence electrons. The third-order valence-electron chi connectivity index (χ3n) is 8.48. The van der Waals surface area contributed by atoms with Crippen molar-refractivity contribution >= 4 is 0 Å². The monoisotopic (exact) mass is 460 g/mol. The summed E-state index contributed by atoms with van der Waals surface area (Å²) in [6, 6.07) is 16.7. The number of hydrogen-bond acceptors (Lipinski definition) is 4. The molecule has 0 aromatic carbocycles. The van der Waals surface area contributed by atoms with Crippen molar-refractivity contribution in [3.63, 3.8) is 0 Å². The lowest BCUT2D eigenvalue weighted by atomic mass is 9.82. The Morgan fingerprint density at radius 2 is 0.618 bits per heavy atom. The first-order valence-corrected chi connectivity index (χ1v) is 12.4. The van der Waals surface area contributed by atoms with Gasteiger partial charge in [0.2, 0.25) is 0 Å². The molecule has 0 fully saturated rings. The second-order valence-corrected chi connectivity index (χ2v) is 11.3. The molecule has 0 N–H and O–H groups in total. The minimum atomic E-state index is -0.429. The van der Waals surface area contributed by atoms with Crippen molar-refractivity contribution < 1.29 is 17.7 Å². The van der Waals surface area contributed by atoms with Crippen molar-refractivity contribution in [3.05, 3.63) is 94.6 Å². The van der Waals surface area contributed by atoms with Gasteiger partial charge in [-0.1, -0.05) is 13.8 Å². The predicted molar refractivity (Wildman–Crippen MR) is 133 cm³/mol. The zero-order valence-corrected chi connectivity index (χ0v) is 21.7. The third kappa shape index (κ3) is 3.03. The van der Waals surface area contributed by atoms with E-state index in [0.29, 0.717) is 0 Å². The summed E-state index contributed by atoms with van der Waals surface area (Å²) in [7, 11) is 0. The molecule has 8 bridgehead atoms. The molecule has 0 amide bonds. The standard InChI is InChI=1S/C30H36O4/c1-9-29(7)23-15-11-19(31-23)27(3,4)21-13-17-25(33-21)30(8,10-2)26-18-14-22(34-26)28(5,6)20-12-16-24(29)32-20/h11-18H,9-10H2,1-8H3. The Morgan fingerprint density at radius 3 is 0.824 bits per heavy atom. The molecule has 4 nitrogen and oxygen atoms in total. The first-order valence-electron chi connectivity index (χ1n) is 12.4. The van der Waals surface area contributed by atoms with E-state index in [1.807, 2.05) is 0 Å². The highest BCUT2D eigenvalue weighted by Crippen LogP contribution is 2.46. The number of furan rings is 4. The fourth-order valence-corrected chi connectivity index (χ4v) is 5.06. The molecule has 34 heavy (non-hydrogen) atoms. The fraction of sp³-hybridized carbons (Fsp3) is 0.467. The lowest BCUT2D eigenvalue weighted by Crippen LogP contribution is -2.23. The van der Waals surface area contributed by atoms with Crippen LogP contribution in [0, 0.1) is 0 Å². The molecular formula is C30H36O4. The second kappa shape index (κ2) is 7.31. The number of fused-ring (bicyclic) bond motifs is 8. The summed E-state index contributed by atoms with van der Waals surface area (Å²) < 4.78 is 26.2. The largest absolute Gasteiger partial charge is 0.464 e. The van der Waals surface area contributed by atoms with Crippen LogP contribution >= 0.6 is 0 Å². The van der Waals surface area contributed by atoms with E-state index in [2.05, 4.69) is 104 Å². The summed E-state index contributed by atoms with van der Waals surface area (Å²) in [6.07, 6.45) is 1.69. The van der Waals surface area contributed by atoms with Crippen molar-refractivity contribution in [3.8, 4) is 0 Å². The summed E-state index contributed by atoms with van der Waals surface area (Å²) in [6.45, 7) is 17.3. The minimum Gasteiger partial charge on any atom is -0.464 e. The van der Waals surface area contributed by atoms with E-state index in [0.717, 1.165) is 58.9 Å². The highest BCUT2D eigenvalue weighted by atomic mass is 16.4. The smallest absolute Gasteiger partial charge is 0.117 e. The number of hydrogen-bond donors (Lipinski definition) is 0. The van der Waals surface area contributed by atoms with Crippen LogP contribution in [0.25, 0.3) is 0 Å². The van der Waals surface area contributed by atoms with Gasteiger partial charge in [-0.2, -0.15) is 0 Å². The van der Waals surface area contributed by atoms with Gasteiger partial charge in [0.1, 0.15) is 46.1 Å². The molecule has 0 spiro atoms. The van der Waals surface area contributed by atoms with Gasteiger partial charge in [-0.05, 0) is 103 Å². The van der Waals surface area contributed by atoms with Gasteiger partial charge in [0.05, 0.1) is 21.7 Å². The second-order valence-electron chi connectivity index (χ2n) is 11.3. The van der Waals surface area contributed by atoms with Crippen LogP contribution in [0.1, 0.15) is 114 Å². The Morgan fingerprint density at radius 1 is 0.412 bits per heavy atom. The molecule has 4 aromatic heterocycles. The summed E-state index contributed by atoms with van der Waals surface area (Å²) >= 11 is 0. The van der Waals surface area contributed by atoms with Gasteiger partial charge in [0.25, 0.3) is 0 Å². The van der Waals surface area contributed by atoms with Crippen LogP contribution < -0.4 is 0 Å². The average molecular weight is 461 g/mol. The van der Waals surface area contributed by atoms with Crippen LogP contribution in [-0.4, -0.2) is 0 Å². The van der Waals surface area contributed by atoms with E-state index in [9.17, 15) is 0 Å². The van der Waals surface area contributed by atoms with Gasteiger partial charge < -0.3 is 17.7 Å². The van der Waals surface area contributed by atoms with Gasteiger partial charge >= 0.3 is 0 Å². The van der Waals surface area contributed by atoms with Crippen LogP contribution in [0.5, 0.6) is 0 Å². The Kier molecular flexibility index (Phi) is 4.92. The number of rotatable bonds is 2. The normalized spacial score (nSPS) is 25.4.